The fraction of sp³-hybridized carbons (Fsp3) is 0.0833. The first kappa shape index (κ1) is 19.8. The average molecular weight is 417 g/mol. The van der Waals surface area contributed by atoms with Gasteiger partial charge in [-0.25, -0.2) is 0 Å². The van der Waals surface area contributed by atoms with Crippen molar-refractivity contribution in [3.05, 3.63) is 101 Å². The van der Waals surface area contributed by atoms with Crippen molar-refractivity contribution in [3.8, 4) is 5.75 Å². The molecule has 0 saturated carbocycles. The van der Waals surface area contributed by atoms with Gasteiger partial charge in [-0.05, 0) is 36.2 Å². The molecule has 30 heavy (non-hydrogen) atoms. The molecule has 5 nitrogen and oxygen atoms in total. The third kappa shape index (κ3) is 4.09. The minimum atomic E-state index is -0.387. The summed E-state index contributed by atoms with van der Waals surface area (Å²) in [6.07, 6.45) is 0. The molecule has 3 aromatic rings. The van der Waals surface area contributed by atoms with Crippen LogP contribution in [-0.2, 0) is 16.1 Å². The molecule has 4 rings (SSSR count). The highest BCUT2D eigenvalue weighted by atomic mass is 32.2. The Hall–Kier alpha value is -3.51. The normalized spacial score (nSPS) is 13.8. The number of imide groups is 1. The molecule has 1 aliphatic heterocycles. The fourth-order valence-corrected chi connectivity index (χ4v) is 4.07. The number of carbonyl (C=O) groups is 2. The topological polar surface area (TPSA) is 69.6 Å². The maximum absolute atomic E-state index is 13.2. The van der Waals surface area contributed by atoms with Gasteiger partial charge in [0.05, 0.1) is 6.54 Å². The van der Waals surface area contributed by atoms with E-state index in [-0.39, 0.29) is 29.8 Å². The molecule has 0 saturated heterocycles. The summed E-state index contributed by atoms with van der Waals surface area (Å²) in [7, 11) is 0. The molecule has 150 valence electrons. The third-order valence-corrected chi connectivity index (χ3v) is 5.84. The number of thioether (sulfide) groups is 1. The number of hydrogen-bond acceptors (Lipinski definition) is 5. The highest BCUT2D eigenvalue weighted by Crippen LogP contribution is 2.36. The van der Waals surface area contributed by atoms with E-state index in [1.165, 1.54) is 16.7 Å². The molecule has 1 heterocycles. The van der Waals surface area contributed by atoms with E-state index in [0.29, 0.717) is 10.6 Å². The van der Waals surface area contributed by atoms with Crippen LogP contribution in [0.4, 0.5) is 5.69 Å². The minimum Gasteiger partial charge on any atom is -0.508 e. The Morgan fingerprint density at radius 2 is 1.57 bits per heavy atom. The maximum atomic E-state index is 13.2. The van der Waals surface area contributed by atoms with Crippen molar-refractivity contribution in [2.24, 2.45) is 0 Å². The number of nitrogens with zero attached hydrogens (tertiary/aromatic N) is 1. The minimum absolute atomic E-state index is 0.121. The largest absolute Gasteiger partial charge is 0.508 e. The average Bonchev–Trinajstić information content (AvgIpc) is 2.97. The van der Waals surface area contributed by atoms with Gasteiger partial charge in [-0.2, -0.15) is 0 Å². The number of aryl methyl sites for hydroxylation is 1. The predicted molar refractivity (Wildman–Crippen MR) is 118 cm³/mol. The molecule has 0 spiro atoms. The van der Waals surface area contributed by atoms with Crippen molar-refractivity contribution in [2.45, 2.75) is 18.4 Å². The molecule has 0 bridgehead atoms. The van der Waals surface area contributed by atoms with E-state index in [1.807, 2.05) is 60.7 Å². The first-order valence-corrected chi connectivity index (χ1v) is 10.3. The molecular weight excluding hydrogens is 396 g/mol. The highest BCUT2D eigenvalue weighted by molar-refractivity contribution is 8.04. The van der Waals surface area contributed by atoms with Crippen LogP contribution in [0.1, 0.15) is 11.1 Å². The Morgan fingerprint density at radius 1 is 0.900 bits per heavy atom. The quantitative estimate of drug-likeness (QED) is 0.571. The summed E-state index contributed by atoms with van der Waals surface area (Å²) < 4.78 is 0. The summed E-state index contributed by atoms with van der Waals surface area (Å²) in [6, 6.07) is 23.9. The lowest BCUT2D eigenvalue weighted by Crippen LogP contribution is -2.31. The lowest BCUT2D eigenvalue weighted by molar-refractivity contribution is -0.137. The van der Waals surface area contributed by atoms with E-state index in [9.17, 15) is 14.7 Å². The number of anilines is 1. The Kier molecular flexibility index (Phi) is 5.59. The number of rotatable bonds is 6. The highest BCUT2D eigenvalue weighted by Gasteiger charge is 2.39. The number of phenolic OH excluding ortho intramolecular Hbond substituents is 1. The Morgan fingerprint density at radius 3 is 2.23 bits per heavy atom. The van der Waals surface area contributed by atoms with Gasteiger partial charge in [-0.1, -0.05) is 66.4 Å². The summed E-state index contributed by atoms with van der Waals surface area (Å²) >= 11 is 1.25. The molecule has 3 aromatic carbocycles. The van der Waals surface area contributed by atoms with Crippen molar-refractivity contribution in [1.82, 2.24) is 4.90 Å². The molecule has 6 heteroatoms. The van der Waals surface area contributed by atoms with E-state index in [4.69, 9.17) is 0 Å². The van der Waals surface area contributed by atoms with Crippen LogP contribution in [0.2, 0.25) is 0 Å². The summed E-state index contributed by atoms with van der Waals surface area (Å²) in [4.78, 5) is 28.8. The van der Waals surface area contributed by atoms with Gasteiger partial charge in [-0.15, -0.1) is 0 Å². The maximum Gasteiger partial charge on any atom is 0.278 e. The monoisotopic (exact) mass is 416 g/mol. The predicted octanol–water partition coefficient (Wildman–Crippen LogP) is 4.69. The standard InChI is InChI=1S/C24H20N2O3S/c1-16-12-13-18(14-20(16)27)25-21-22(30-19-10-6-3-7-11-19)24(29)26(23(21)28)15-17-8-4-2-5-9-17/h2-14,25,27H,15H2,1H3. The Balaban J connectivity index is 1.68. The van der Waals surface area contributed by atoms with Crippen LogP contribution >= 0.6 is 11.8 Å². The summed E-state index contributed by atoms with van der Waals surface area (Å²) in [6.45, 7) is 1.99. The molecule has 0 atom stereocenters. The van der Waals surface area contributed by atoms with E-state index in [0.717, 1.165) is 16.0 Å². The third-order valence-electron chi connectivity index (χ3n) is 4.75. The molecule has 1 aliphatic rings. The smallest absolute Gasteiger partial charge is 0.278 e. The van der Waals surface area contributed by atoms with Crippen molar-refractivity contribution >= 4 is 29.3 Å². The number of amides is 2. The van der Waals surface area contributed by atoms with Crippen LogP contribution in [0.5, 0.6) is 5.75 Å². The number of nitrogens with one attached hydrogen (secondary N) is 1. The number of aromatic hydroxyl groups is 1. The van der Waals surface area contributed by atoms with Gasteiger partial charge < -0.3 is 10.4 Å². The van der Waals surface area contributed by atoms with Crippen LogP contribution in [0.15, 0.2) is 94.4 Å². The van der Waals surface area contributed by atoms with Gasteiger partial charge in [0.1, 0.15) is 16.4 Å². The van der Waals surface area contributed by atoms with Gasteiger partial charge in [0.15, 0.2) is 0 Å². The lowest BCUT2D eigenvalue weighted by Gasteiger charge is -2.15. The number of carbonyl (C=O) groups excluding carboxylic acids is 2. The second-order valence-corrected chi connectivity index (χ2v) is 8.01. The summed E-state index contributed by atoms with van der Waals surface area (Å²) in [5, 5.41) is 13.1. The zero-order chi connectivity index (χ0) is 21.1. The van der Waals surface area contributed by atoms with Crippen molar-refractivity contribution < 1.29 is 14.7 Å². The Labute approximate surface area is 179 Å². The van der Waals surface area contributed by atoms with Crippen LogP contribution in [-0.4, -0.2) is 21.8 Å². The molecule has 0 aliphatic carbocycles. The summed E-state index contributed by atoms with van der Waals surface area (Å²) in [5.41, 5.74) is 2.36. The van der Waals surface area contributed by atoms with Crippen LogP contribution in [0.25, 0.3) is 0 Å². The van der Waals surface area contributed by atoms with E-state index < -0.39 is 0 Å². The van der Waals surface area contributed by atoms with E-state index >= 15 is 0 Å². The zero-order valence-electron chi connectivity index (χ0n) is 16.3. The number of phenols is 1. The SMILES string of the molecule is Cc1ccc(NC2=C(Sc3ccccc3)C(=O)N(Cc3ccccc3)C2=O)cc1O. The molecule has 0 unspecified atom stereocenters. The number of benzene rings is 3. The first-order valence-electron chi connectivity index (χ1n) is 9.47. The molecule has 2 N–H and O–H groups in total. The van der Waals surface area contributed by atoms with Gasteiger partial charge in [0, 0.05) is 16.6 Å². The van der Waals surface area contributed by atoms with E-state index in [1.54, 1.807) is 25.1 Å². The fourth-order valence-electron chi connectivity index (χ4n) is 3.11. The summed E-state index contributed by atoms with van der Waals surface area (Å²) in [5.74, 6) is -0.602. The molecule has 2 amide bonds. The molecule has 0 aromatic heterocycles. The molecule has 0 radical (unpaired) electrons. The Bertz CT molecular complexity index is 1130. The van der Waals surface area contributed by atoms with Crippen LogP contribution < -0.4 is 5.32 Å². The first-order chi connectivity index (χ1) is 14.5. The van der Waals surface area contributed by atoms with Crippen LogP contribution in [0.3, 0.4) is 0 Å². The van der Waals surface area contributed by atoms with Gasteiger partial charge >= 0.3 is 0 Å². The van der Waals surface area contributed by atoms with Gasteiger partial charge in [0.2, 0.25) is 0 Å². The zero-order valence-corrected chi connectivity index (χ0v) is 17.1. The second kappa shape index (κ2) is 8.47. The van der Waals surface area contributed by atoms with Crippen LogP contribution in [0, 0.1) is 6.92 Å². The lowest BCUT2D eigenvalue weighted by atomic mass is 10.2. The van der Waals surface area contributed by atoms with Gasteiger partial charge in [0.25, 0.3) is 11.8 Å². The van der Waals surface area contributed by atoms with E-state index in [2.05, 4.69) is 5.32 Å². The van der Waals surface area contributed by atoms with Crippen molar-refractivity contribution in [3.63, 3.8) is 0 Å². The second-order valence-electron chi connectivity index (χ2n) is 6.93. The number of hydrogen-bond donors (Lipinski definition) is 2. The van der Waals surface area contributed by atoms with Gasteiger partial charge in [-0.3, -0.25) is 14.5 Å². The molecule has 0 fully saturated rings. The molecular formula is C24H20N2O3S. The van der Waals surface area contributed by atoms with Crippen molar-refractivity contribution in [2.75, 3.05) is 5.32 Å². The van der Waals surface area contributed by atoms with Crippen molar-refractivity contribution in [1.29, 1.82) is 0 Å².